The van der Waals surface area contributed by atoms with Crippen LogP contribution in [0.1, 0.15) is 32.0 Å². The number of fused-ring (bicyclic) bond motifs is 1. The van der Waals surface area contributed by atoms with Gasteiger partial charge in [0.2, 0.25) is 0 Å². The van der Waals surface area contributed by atoms with E-state index in [2.05, 4.69) is 16.3 Å². The van der Waals surface area contributed by atoms with Crippen molar-refractivity contribution in [2.75, 3.05) is 18.1 Å². The normalized spacial score (nSPS) is 15.1. The number of carbonyl (C=O) groups excluding carboxylic acids is 1. The third kappa shape index (κ3) is 2.24. The van der Waals surface area contributed by atoms with Gasteiger partial charge in [0.1, 0.15) is 12.4 Å². The molecule has 0 radical (unpaired) electrons. The number of anilines is 1. The van der Waals surface area contributed by atoms with E-state index in [0.29, 0.717) is 13.2 Å². The molecule has 0 atom stereocenters. The molecule has 5 heteroatoms. The van der Waals surface area contributed by atoms with Gasteiger partial charge in [0.05, 0.1) is 12.1 Å². The lowest BCUT2D eigenvalue weighted by Crippen LogP contribution is -2.23. The number of hydrogen-bond donors (Lipinski definition) is 0. The monoisotopic (exact) mass is 273 g/mol. The van der Waals surface area contributed by atoms with Crippen molar-refractivity contribution in [3.05, 3.63) is 30.2 Å². The lowest BCUT2D eigenvalue weighted by Gasteiger charge is -2.08. The molecule has 0 aromatic carbocycles. The van der Waals surface area contributed by atoms with Crippen molar-refractivity contribution in [1.29, 1.82) is 0 Å². The van der Waals surface area contributed by atoms with Gasteiger partial charge in [-0.15, -0.1) is 0 Å². The Morgan fingerprint density at radius 3 is 3.00 bits per heavy atom. The summed E-state index contributed by atoms with van der Waals surface area (Å²) in [6.45, 7) is 3.21. The second-order valence-electron chi connectivity index (χ2n) is 5.03. The highest BCUT2D eigenvalue weighted by Crippen LogP contribution is 2.25. The number of aromatic nitrogens is 2. The molecule has 2 aromatic rings. The van der Waals surface area contributed by atoms with E-state index in [1.807, 2.05) is 24.4 Å². The molecular weight excluding hydrogens is 254 g/mol. The molecule has 0 bridgehead atoms. The molecular formula is C15H19N3O2. The minimum Gasteiger partial charge on any atom is -0.447 e. The van der Waals surface area contributed by atoms with Gasteiger partial charge in [0.15, 0.2) is 5.82 Å². The third-order valence-corrected chi connectivity index (χ3v) is 3.62. The highest BCUT2D eigenvalue weighted by molar-refractivity contribution is 5.93. The Bertz CT molecular complexity index is 621. The van der Waals surface area contributed by atoms with E-state index < -0.39 is 0 Å². The molecule has 0 unspecified atom stereocenters. The summed E-state index contributed by atoms with van der Waals surface area (Å²) in [6.07, 6.45) is 6.15. The smallest absolute Gasteiger partial charge is 0.415 e. The Morgan fingerprint density at radius 2 is 2.25 bits per heavy atom. The van der Waals surface area contributed by atoms with Crippen LogP contribution >= 0.6 is 0 Å². The van der Waals surface area contributed by atoms with Crippen LogP contribution in [0.15, 0.2) is 24.4 Å². The number of hydrogen-bond acceptors (Lipinski definition) is 3. The minimum atomic E-state index is -0.297. The highest BCUT2D eigenvalue weighted by atomic mass is 16.6. The van der Waals surface area contributed by atoms with Gasteiger partial charge in [-0.2, -0.15) is 0 Å². The molecule has 5 nitrogen and oxygen atoms in total. The number of rotatable bonds is 5. The molecule has 0 aliphatic carbocycles. The summed E-state index contributed by atoms with van der Waals surface area (Å²) < 4.78 is 7.09. The first-order valence-electron chi connectivity index (χ1n) is 7.21. The van der Waals surface area contributed by atoms with Crippen molar-refractivity contribution in [1.82, 2.24) is 9.38 Å². The molecule has 1 fully saturated rings. The summed E-state index contributed by atoms with van der Waals surface area (Å²) in [4.78, 5) is 18.0. The van der Waals surface area contributed by atoms with E-state index in [-0.39, 0.29) is 6.09 Å². The maximum atomic E-state index is 11.7. The fraction of sp³-hybridized carbons (Fsp3) is 0.467. The summed E-state index contributed by atoms with van der Waals surface area (Å²) in [5.41, 5.74) is 0.970. The number of nitrogens with zero attached hydrogens (tertiary/aromatic N) is 3. The maximum absolute atomic E-state index is 11.7. The number of cyclic esters (lactones) is 1. The van der Waals surface area contributed by atoms with Crippen LogP contribution in [0.2, 0.25) is 0 Å². The summed E-state index contributed by atoms with van der Waals surface area (Å²) in [5.74, 6) is 1.74. The van der Waals surface area contributed by atoms with Crippen molar-refractivity contribution < 1.29 is 9.53 Å². The minimum absolute atomic E-state index is 0.297. The first-order chi connectivity index (χ1) is 9.81. The third-order valence-electron chi connectivity index (χ3n) is 3.62. The number of amides is 1. The Hall–Kier alpha value is -2.04. The zero-order valence-corrected chi connectivity index (χ0v) is 11.7. The predicted molar refractivity (Wildman–Crippen MR) is 77.1 cm³/mol. The van der Waals surface area contributed by atoms with Gasteiger partial charge >= 0.3 is 6.09 Å². The topological polar surface area (TPSA) is 46.8 Å². The first-order valence-corrected chi connectivity index (χ1v) is 7.21. The molecule has 3 rings (SSSR count). The van der Waals surface area contributed by atoms with Gasteiger partial charge in [0, 0.05) is 12.6 Å². The first kappa shape index (κ1) is 13.0. The Kier molecular flexibility index (Phi) is 3.58. The lowest BCUT2D eigenvalue weighted by atomic mass is 10.2. The SMILES string of the molecule is CCCCCc1nc(N2CCOC2=O)c2ccccn12. The zero-order chi connectivity index (χ0) is 13.9. The van der Waals surface area contributed by atoms with Crippen molar-refractivity contribution in [2.24, 2.45) is 0 Å². The molecule has 0 spiro atoms. The molecule has 0 saturated carbocycles. The lowest BCUT2D eigenvalue weighted by molar-refractivity contribution is 0.181. The Labute approximate surface area is 118 Å². The quantitative estimate of drug-likeness (QED) is 0.787. The molecule has 1 aliphatic rings. The zero-order valence-electron chi connectivity index (χ0n) is 11.7. The summed E-state index contributed by atoms with van der Waals surface area (Å²) in [5, 5.41) is 0. The Balaban J connectivity index is 1.97. The van der Waals surface area contributed by atoms with E-state index in [9.17, 15) is 4.79 Å². The van der Waals surface area contributed by atoms with Gasteiger partial charge in [-0.1, -0.05) is 25.8 Å². The van der Waals surface area contributed by atoms with Crippen LogP contribution in [-0.4, -0.2) is 28.6 Å². The van der Waals surface area contributed by atoms with E-state index in [4.69, 9.17) is 4.74 Å². The number of ether oxygens (including phenoxy) is 1. The average molecular weight is 273 g/mol. The van der Waals surface area contributed by atoms with Gasteiger partial charge in [0.25, 0.3) is 0 Å². The summed E-state index contributed by atoms with van der Waals surface area (Å²) in [6, 6.07) is 5.96. The van der Waals surface area contributed by atoms with E-state index in [0.717, 1.165) is 30.0 Å². The molecule has 1 aliphatic heterocycles. The average Bonchev–Trinajstić information content (AvgIpc) is 3.03. The van der Waals surface area contributed by atoms with Crippen LogP contribution in [0.4, 0.5) is 10.6 Å². The predicted octanol–water partition coefficient (Wildman–Crippen LogP) is 3.02. The van der Waals surface area contributed by atoms with Crippen LogP contribution in [0.3, 0.4) is 0 Å². The van der Waals surface area contributed by atoms with Gasteiger partial charge < -0.3 is 9.14 Å². The number of aryl methyl sites for hydroxylation is 1. The second-order valence-corrected chi connectivity index (χ2v) is 5.03. The fourth-order valence-electron chi connectivity index (χ4n) is 2.58. The standard InChI is InChI=1S/C15H19N3O2/c1-2-3-4-8-13-16-14(18-10-11-20-15(18)19)12-7-5-6-9-17(12)13/h5-7,9H,2-4,8,10-11H2,1H3. The van der Waals surface area contributed by atoms with Gasteiger partial charge in [-0.3, -0.25) is 4.90 Å². The highest BCUT2D eigenvalue weighted by Gasteiger charge is 2.28. The number of unbranched alkanes of at least 4 members (excludes halogenated alkanes) is 2. The van der Waals surface area contributed by atoms with Crippen LogP contribution in [0.25, 0.3) is 5.52 Å². The molecule has 20 heavy (non-hydrogen) atoms. The summed E-state index contributed by atoms with van der Waals surface area (Å²) >= 11 is 0. The van der Waals surface area contributed by atoms with Gasteiger partial charge in [-0.05, 0) is 18.6 Å². The van der Waals surface area contributed by atoms with E-state index >= 15 is 0 Å². The molecule has 3 heterocycles. The second kappa shape index (κ2) is 5.53. The van der Waals surface area contributed by atoms with Crippen LogP contribution in [-0.2, 0) is 11.2 Å². The van der Waals surface area contributed by atoms with Crippen molar-refractivity contribution in [3.63, 3.8) is 0 Å². The summed E-state index contributed by atoms with van der Waals surface area (Å²) in [7, 11) is 0. The van der Waals surface area contributed by atoms with E-state index in [1.54, 1.807) is 4.90 Å². The molecule has 0 N–H and O–H groups in total. The van der Waals surface area contributed by atoms with Crippen molar-refractivity contribution in [2.45, 2.75) is 32.6 Å². The van der Waals surface area contributed by atoms with Crippen molar-refractivity contribution in [3.8, 4) is 0 Å². The Morgan fingerprint density at radius 1 is 1.35 bits per heavy atom. The van der Waals surface area contributed by atoms with Gasteiger partial charge in [-0.25, -0.2) is 9.78 Å². The number of pyridine rings is 1. The van der Waals surface area contributed by atoms with E-state index in [1.165, 1.54) is 12.8 Å². The van der Waals surface area contributed by atoms with Crippen LogP contribution < -0.4 is 4.90 Å². The van der Waals surface area contributed by atoms with Crippen LogP contribution in [0, 0.1) is 0 Å². The fourth-order valence-corrected chi connectivity index (χ4v) is 2.58. The molecule has 1 amide bonds. The largest absolute Gasteiger partial charge is 0.447 e. The molecule has 1 saturated heterocycles. The number of imidazole rings is 1. The molecule has 2 aromatic heterocycles. The van der Waals surface area contributed by atoms with Crippen molar-refractivity contribution >= 4 is 17.4 Å². The maximum Gasteiger partial charge on any atom is 0.415 e. The number of carbonyl (C=O) groups is 1. The molecule has 106 valence electrons. The van der Waals surface area contributed by atoms with Crippen LogP contribution in [0.5, 0.6) is 0 Å².